The number of halogens is 1. The maximum atomic E-state index is 14.1. The lowest BCUT2D eigenvalue weighted by atomic mass is 9.86. The Balaban J connectivity index is 1.54. The number of nitrogens with zero attached hydrogens (tertiary/aromatic N) is 2. The van der Waals surface area contributed by atoms with Gasteiger partial charge >= 0.3 is 5.97 Å². The Labute approximate surface area is 218 Å². The predicted molar refractivity (Wildman–Crippen MR) is 137 cm³/mol. The summed E-state index contributed by atoms with van der Waals surface area (Å²) in [5.74, 6) is -2.08. The van der Waals surface area contributed by atoms with Crippen LogP contribution in [0.2, 0.25) is 0 Å². The smallest absolute Gasteiger partial charge is 0.305 e. The van der Waals surface area contributed by atoms with Crippen LogP contribution >= 0.6 is 0 Å². The Morgan fingerprint density at radius 3 is 2.81 bits per heavy atom. The van der Waals surface area contributed by atoms with E-state index in [1.54, 1.807) is 11.0 Å². The molecule has 0 spiro atoms. The van der Waals surface area contributed by atoms with Gasteiger partial charge in [-0.1, -0.05) is 25.8 Å². The van der Waals surface area contributed by atoms with Crippen molar-refractivity contribution in [3.05, 3.63) is 35.1 Å². The fourth-order valence-electron chi connectivity index (χ4n) is 5.49. The van der Waals surface area contributed by atoms with Crippen LogP contribution < -0.4 is 10.6 Å². The summed E-state index contributed by atoms with van der Waals surface area (Å²) in [5.41, 5.74) is 0.141. The average molecular weight is 515 g/mol. The Bertz CT molecular complexity index is 995. The highest BCUT2D eigenvalue weighted by molar-refractivity contribution is 5.82. The normalized spacial score (nSPS) is 22.6. The van der Waals surface area contributed by atoms with Gasteiger partial charge in [0.15, 0.2) is 0 Å². The lowest BCUT2D eigenvalue weighted by Crippen LogP contribution is -2.46. The first-order valence-electron chi connectivity index (χ1n) is 13.5. The van der Waals surface area contributed by atoms with Gasteiger partial charge in [0, 0.05) is 25.6 Å². The molecule has 4 unspecified atom stereocenters. The maximum absolute atomic E-state index is 14.1. The summed E-state index contributed by atoms with van der Waals surface area (Å²) in [6, 6.07) is 5.17. The molecule has 2 heterocycles. The quantitative estimate of drug-likeness (QED) is 0.412. The van der Waals surface area contributed by atoms with Crippen LogP contribution in [0.25, 0.3) is 0 Å². The molecule has 37 heavy (non-hydrogen) atoms. The van der Waals surface area contributed by atoms with E-state index in [-0.39, 0.29) is 22.9 Å². The molecule has 2 fully saturated rings. The van der Waals surface area contributed by atoms with Gasteiger partial charge in [-0.25, -0.2) is 4.39 Å². The molecule has 0 saturated carbocycles. The van der Waals surface area contributed by atoms with E-state index in [0.29, 0.717) is 44.3 Å². The second-order valence-electron chi connectivity index (χ2n) is 10.4. The number of unbranched alkanes of at least 4 members (excludes halogenated alkanes) is 1. The van der Waals surface area contributed by atoms with Crippen molar-refractivity contribution in [1.29, 1.82) is 5.26 Å². The zero-order valence-electron chi connectivity index (χ0n) is 21.7. The molecule has 0 bridgehead atoms. The Morgan fingerprint density at radius 1 is 1.30 bits per heavy atom. The highest BCUT2D eigenvalue weighted by atomic mass is 19.1. The number of hydrogen-bond donors (Lipinski definition) is 3. The van der Waals surface area contributed by atoms with E-state index in [0.717, 1.165) is 31.9 Å². The van der Waals surface area contributed by atoms with Crippen LogP contribution in [-0.4, -0.2) is 53.5 Å². The topological polar surface area (TPSA) is 123 Å². The van der Waals surface area contributed by atoms with Gasteiger partial charge in [-0.2, -0.15) is 5.26 Å². The number of nitriles is 1. The number of likely N-dealkylation sites (tertiary alicyclic amines) is 1. The minimum absolute atomic E-state index is 0.0670. The number of carboxylic acid groups (broad SMARTS) is 1. The van der Waals surface area contributed by atoms with Crippen LogP contribution in [0.4, 0.5) is 4.39 Å². The Morgan fingerprint density at radius 2 is 2.11 bits per heavy atom. The molecular weight excluding hydrogens is 475 g/mol. The zero-order valence-corrected chi connectivity index (χ0v) is 21.7. The summed E-state index contributed by atoms with van der Waals surface area (Å²) >= 11 is 0. The summed E-state index contributed by atoms with van der Waals surface area (Å²) in [6.45, 7) is 4.12. The third-order valence-electron chi connectivity index (χ3n) is 7.63. The van der Waals surface area contributed by atoms with E-state index in [2.05, 4.69) is 17.6 Å². The number of carboxylic acids is 1. The molecule has 9 heteroatoms. The zero-order chi connectivity index (χ0) is 26.8. The van der Waals surface area contributed by atoms with Crippen LogP contribution in [-0.2, 0) is 14.4 Å². The van der Waals surface area contributed by atoms with Crippen molar-refractivity contribution in [2.24, 2.45) is 11.8 Å². The number of benzene rings is 1. The molecule has 3 N–H and O–H groups in total. The minimum atomic E-state index is -1.13. The van der Waals surface area contributed by atoms with Gasteiger partial charge in [0.1, 0.15) is 11.9 Å². The van der Waals surface area contributed by atoms with Gasteiger partial charge in [-0.15, -0.1) is 0 Å². The number of aliphatic carboxylic acids is 1. The Kier molecular flexibility index (Phi) is 10.9. The minimum Gasteiger partial charge on any atom is -0.481 e. The number of carbonyl (C=O) groups is 3. The van der Waals surface area contributed by atoms with Crippen LogP contribution in [0.1, 0.15) is 88.3 Å². The molecule has 4 atom stereocenters. The van der Waals surface area contributed by atoms with Crippen LogP contribution in [0.15, 0.2) is 18.2 Å². The van der Waals surface area contributed by atoms with Crippen LogP contribution in [0.5, 0.6) is 0 Å². The van der Waals surface area contributed by atoms with Gasteiger partial charge in [0.05, 0.1) is 23.9 Å². The molecule has 0 radical (unpaired) electrons. The number of carbonyl (C=O) groups excluding carboxylic acids is 2. The van der Waals surface area contributed by atoms with Crippen molar-refractivity contribution in [1.82, 2.24) is 15.5 Å². The molecule has 2 saturated heterocycles. The van der Waals surface area contributed by atoms with Gasteiger partial charge in [0.25, 0.3) is 0 Å². The van der Waals surface area contributed by atoms with Crippen molar-refractivity contribution >= 4 is 17.8 Å². The lowest BCUT2D eigenvalue weighted by molar-refractivity contribution is -0.138. The van der Waals surface area contributed by atoms with E-state index in [1.807, 2.05) is 0 Å². The van der Waals surface area contributed by atoms with Gasteiger partial charge < -0.3 is 20.6 Å². The second-order valence-corrected chi connectivity index (χ2v) is 10.4. The predicted octanol–water partition coefficient (Wildman–Crippen LogP) is 3.91. The molecule has 2 amide bonds. The molecule has 1 aromatic carbocycles. The molecule has 2 aliphatic rings. The fourth-order valence-corrected chi connectivity index (χ4v) is 5.49. The molecule has 2 aliphatic heterocycles. The van der Waals surface area contributed by atoms with Crippen LogP contribution in [0, 0.1) is 29.0 Å². The van der Waals surface area contributed by atoms with E-state index in [4.69, 9.17) is 5.26 Å². The highest BCUT2D eigenvalue weighted by Gasteiger charge is 2.31. The number of nitrogens with one attached hydrogen (secondary N) is 2. The summed E-state index contributed by atoms with van der Waals surface area (Å²) < 4.78 is 14.1. The van der Waals surface area contributed by atoms with Crippen molar-refractivity contribution < 1.29 is 23.9 Å². The van der Waals surface area contributed by atoms with Gasteiger partial charge in [0.2, 0.25) is 11.8 Å². The molecule has 1 aromatic rings. The third kappa shape index (κ3) is 8.53. The third-order valence-corrected chi connectivity index (χ3v) is 7.63. The first-order chi connectivity index (χ1) is 17.8. The lowest BCUT2D eigenvalue weighted by Gasteiger charge is -2.34. The maximum Gasteiger partial charge on any atom is 0.305 e. The largest absolute Gasteiger partial charge is 0.481 e. The Hall–Kier alpha value is -2.99. The fraction of sp³-hybridized carbons (Fsp3) is 0.643. The van der Waals surface area contributed by atoms with Crippen LogP contribution in [0.3, 0.4) is 0 Å². The molecule has 0 aliphatic carbocycles. The van der Waals surface area contributed by atoms with E-state index in [9.17, 15) is 23.9 Å². The monoisotopic (exact) mass is 514 g/mol. The molecule has 202 valence electrons. The van der Waals surface area contributed by atoms with Crippen molar-refractivity contribution in [3.63, 3.8) is 0 Å². The molecule has 0 aromatic heterocycles. The summed E-state index contributed by atoms with van der Waals surface area (Å²) in [4.78, 5) is 39.2. The van der Waals surface area contributed by atoms with Gasteiger partial charge in [-0.3, -0.25) is 14.4 Å². The number of rotatable bonds is 11. The number of piperidine rings is 2. The van der Waals surface area contributed by atoms with Crippen molar-refractivity contribution in [2.75, 3.05) is 19.6 Å². The van der Waals surface area contributed by atoms with Crippen molar-refractivity contribution in [3.8, 4) is 6.07 Å². The standard InChI is InChI=1S/C28H39FN4O4/c1-2-3-6-23-14-19(11-12-31-23)7-10-26(34)33-13-4-5-22(18-33)28(37)32-25(16-27(35)36)20-8-9-21(17-30)24(29)15-20/h8-9,15,19,22-23,25,31H,2-7,10-14,16,18H2,1H3,(H,32,37)(H,35,36). The van der Waals surface area contributed by atoms with E-state index in [1.165, 1.54) is 31.4 Å². The van der Waals surface area contributed by atoms with Gasteiger partial charge in [-0.05, 0) is 68.7 Å². The molecule has 3 rings (SSSR count). The molecule has 8 nitrogen and oxygen atoms in total. The first kappa shape index (κ1) is 28.6. The summed E-state index contributed by atoms with van der Waals surface area (Å²) in [6.07, 6.45) is 8.01. The van der Waals surface area contributed by atoms with Crippen molar-refractivity contribution in [2.45, 2.75) is 83.2 Å². The second kappa shape index (κ2) is 14.1. The van der Waals surface area contributed by atoms with E-state index >= 15 is 0 Å². The average Bonchev–Trinajstić information content (AvgIpc) is 2.90. The SMILES string of the molecule is CCCCC1CC(CCC(=O)N2CCCC(C(=O)NC(CC(=O)O)c3ccc(C#N)c(F)c3)C2)CCN1. The highest BCUT2D eigenvalue weighted by Crippen LogP contribution is 2.26. The summed E-state index contributed by atoms with van der Waals surface area (Å²) in [5, 5.41) is 24.6. The summed E-state index contributed by atoms with van der Waals surface area (Å²) in [7, 11) is 0. The molecular formula is C28H39FN4O4. The van der Waals surface area contributed by atoms with E-state index < -0.39 is 30.2 Å². The number of hydrogen-bond acceptors (Lipinski definition) is 5. The number of amides is 2. The first-order valence-corrected chi connectivity index (χ1v) is 13.5.